The minimum absolute atomic E-state index is 0. The minimum atomic E-state index is 0. The molecule has 0 fully saturated rings. The molecule has 132 valence electrons. The molecule has 0 unspecified atom stereocenters. The van der Waals surface area contributed by atoms with Crippen LogP contribution in [0.15, 0.2) is 0 Å². The Labute approximate surface area is 322 Å². The van der Waals surface area contributed by atoms with Crippen molar-refractivity contribution >= 4 is 8.80 Å². The first-order chi connectivity index (χ1) is 5.54. The second kappa shape index (κ2) is 86.8. The molecule has 0 radical (unpaired) electrons. The Balaban J connectivity index is -0.00000000426. The van der Waals surface area contributed by atoms with Crippen LogP contribution >= 0.6 is 0 Å². The van der Waals surface area contributed by atoms with Crippen molar-refractivity contribution in [2.24, 2.45) is 11.8 Å². The van der Waals surface area contributed by atoms with Gasteiger partial charge in [0.2, 0.25) is 0 Å². The summed E-state index contributed by atoms with van der Waals surface area (Å²) in [5, 5.41) is 0. The van der Waals surface area contributed by atoms with Gasteiger partial charge in [-0.3, -0.25) is 0 Å². The fourth-order valence-corrected chi connectivity index (χ4v) is 0. The summed E-state index contributed by atoms with van der Waals surface area (Å²) in [6, 6.07) is 0. The van der Waals surface area contributed by atoms with Crippen molar-refractivity contribution in [2.45, 2.75) is 27.7 Å². The van der Waals surface area contributed by atoms with Crippen LogP contribution < -0.4 is 0 Å². The molecule has 0 aliphatic carbocycles. The summed E-state index contributed by atoms with van der Waals surface area (Å²) in [6.45, 7) is 8.53. The van der Waals surface area contributed by atoms with E-state index in [1.165, 1.54) is 38.7 Å². The van der Waals surface area contributed by atoms with E-state index in [2.05, 4.69) is 36.5 Å². The molecule has 0 aliphatic heterocycles. The molecule has 0 bridgehead atoms. The Morgan fingerprint density at radius 3 is 0.500 bits per heavy atom. The molecular formula is C8H14W14-2. The molecule has 0 saturated heterocycles. The van der Waals surface area contributed by atoms with Crippen LogP contribution in [-0.4, -0.2) is 8.80 Å². The average molecular weight is 2680 g/mol. The zero-order valence-corrected chi connectivity index (χ0v) is 52.9. The average Bonchev–Trinajstić information content (AvgIpc) is 2.09. The second-order valence-corrected chi connectivity index (χ2v) is 4.24. The molecule has 0 aliphatic rings. The molecule has 0 saturated carbocycles. The van der Waals surface area contributed by atoms with E-state index < -0.39 is 0 Å². The summed E-state index contributed by atoms with van der Waals surface area (Å²) in [6.07, 6.45) is 0. The van der Waals surface area contributed by atoms with Crippen LogP contribution in [0.2, 0.25) is 0 Å². The van der Waals surface area contributed by atoms with E-state index in [-0.39, 0.29) is 211 Å². The molecule has 0 N–H and O–H groups in total. The van der Waals surface area contributed by atoms with Crippen molar-refractivity contribution in [3.8, 4) is 0 Å². The predicted molar refractivity (Wildman–Crippen MR) is 39.7 cm³/mol. The maximum atomic E-state index is 3.11. The van der Waals surface area contributed by atoms with Crippen LogP contribution in [0.4, 0.5) is 0 Å². The summed E-state index contributed by atoms with van der Waals surface area (Å²) in [5.41, 5.74) is 0. The van der Waals surface area contributed by atoms with E-state index in [9.17, 15) is 0 Å². The third kappa shape index (κ3) is 132. The summed E-state index contributed by atoms with van der Waals surface area (Å²) in [7, 11) is 0. The van der Waals surface area contributed by atoms with Gasteiger partial charge in [0.05, 0.1) is 0 Å². The van der Waals surface area contributed by atoms with Gasteiger partial charge in [-0.25, -0.2) is 0 Å². The Bertz CT molecular complexity index is 97.0. The van der Waals surface area contributed by atoms with Crippen molar-refractivity contribution in [3.05, 3.63) is 0 Å². The summed E-state index contributed by atoms with van der Waals surface area (Å²) in [5.74, 6) is 1.34. The molecule has 0 spiro atoms. The van der Waals surface area contributed by atoms with E-state index in [0.29, 0.717) is 11.8 Å². The molecule has 0 aromatic carbocycles. The molecule has 0 nitrogen and oxygen atoms in total. The van der Waals surface area contributed by atoms with Gasteiger partial charge < -0.3 is 0 Å². The number of hydrogen-bond donors (Lipinski definition) is 0. The first kappa shape index (κ1) is 85.7. The van der Waals surface area contributed by atoms with Crippen LogP contribution in [0.5, 0.6) is 0 Å². The van der Waals surface area contributed by atoms with Gasteiger partial charge in [0, 0.05) is 211 Å². The first-order valence-corrected chi connectivity index (χ1v) is 17.4. The van der Waals surface area contributed by atoms with E-state index in [0.717, 1.165) is 0 Å². The van der Waals surface area contributed by atoms with Crippen molar-refractivity contribution in [1.82, 2.24) is 0 Å². The topological polar surface area (TPSA) is 0 Å². The van der Waals surface area contributed by atoms with Crippen molar-refractivity contribution in [1.29, 1.82) is 0 Å². The predicted octanol–water partition coefficient (Wildman–Crippen LogP) is 1.71. The van der Waals surface area contributed by atoms with Gasteiger partial charge in [0.15, 0.2) is 0 Å². The number of hydrogen-bond acceptors (Lipinski definition) is 0. The first-order valence-electron chi connectivity index (χ1n) is 3.46. The molecule has 0 heterocycles. The molecule has 0 rings (SSSR count). The summed E-state index contributed by atoms with van der Waals surface area (Å²) in [4.78, 5) is 0. The summed E-state index contributed by atoms with van der Waals surface area (Å²) >= 11 is 6.24. The molecule has 0 amide bonds. The normalized spacial score (nSPS) is 4.09. The van der Waals surface area contributed by atoms with Crippen LogP contribution in [0, 0.1) is 11.8 Å². The van der Waals surface area contributed by atoms with Gasteiger partial charge in [0.25, 0.3) is 0 Å². The quantitative estimate of drug-likeness (QED) is 0.371. The molecule has 14 heteroatoms. The number of rotatable bonds is 2. The van der Waals surface area contributed by atoms with Gasteiger partial charge >= 0.3 is 119 Å². The summed E-state index contributed by atoms with van der Waals surface area (Å²) < 4.78 is 6.22. The van der Waals surface area contributed by atoms with Crippen LogP contribution in [0.25, 0.3) is 0 Å². The van der Waals surface area contributed by atoms with Gasteiger partial charge in [0.1, 0.15) is 0 Å². The van der Waals surface area contributed by atoms with Crippen LogP contribution in [0.3, 0.4) is 0 Å². The molecule has 22 heavy (non-hydrogen) atoms. The standard InChI is InChI=1S/2C4H7.14W/c2*1-4(2)3;;;;;;;;;;;;;;/h2*4H,1-2H3;;;;;;;;;;;;;;/q2*-1;;;;;;;;;;;;;;. The van der Waals surface area contributed by atoms with Gasteiger partial charge in [-0.2, -0.15) is 0 Å². The molecule has 0 atom stereocenters. The van der Waals surface area contributed by atoms with Crippen molar-refractivity contribution in [3.63, 3.8) is 0 Å². The van der Waals surface area contributed by atoms with E-state index in [1.54, 1.807) is 32.4 Å². The molecule has 0 aromatic rings. The van der Waals surface area contributed by atoms with E-state index in [1.807, 2.05) is 0 Å². The van der Waals surface area contributed by atoms with E-state index >= 15 is 0 Å². The van der Waals surface area contributed by atoms with E-state index in [4.69, 9.17) is 0 Å². The van der Waals surface area contributed by atoms with Crippen molar-refractivity contribution in [2.75, 3.05) is 0 Å². The Hall–Kier alpha value is 9.38. The van der Waals surface area contributed by atoms with Gasteiger partial charge in [-0.05, 0) is 0 Å². The monoisotopic (exact) mass is 2690 g/mol. The molecule has 0 aromatic heterocycles. The SMILES string of the molecule is CC(C)[C-]=[W].CC(C)[C-]=[W].[W].[W].[W].[W].[W].[W].[W].[W].[W].[W].[W]=[W]. The van der Waals surface area contributed by atoms with Crippen LogP contribution in [-0.2, 0) is 282 Å². The van der Waals surface area contributed by atoms with Crippen LogP contribution in [0.1, 0.15) is 27.7 Å². The third-order valence-electron chi connectivity index (χ3n) is 0.471. The Morgan fingerprint density at radius 1 is 0.455 bits per heavy atom. The van der Waals surface area contributed by atoms with Gasteiger partial charge in [-0.1, -0.05) is 0 Å². The second-order valence-electron chi connectivity index (χ2n) is 2.55. The fraction of sp³-hybridized carbons (Fsp3) is 0.750. The Morgan fingerprint density at radius 2 is 0.500 bits per heavy atom. The Kier molecular flexibility index (Phi) is 338. The molecular weight excluding hydrogens is 2670 g/mol. The zero-order valence-electron chi connectivity index (χ0n) is 11.9. The van der Waals surface area contributed by atoms with Crippen molar-refractivity contribution < 1.29 is 282 Å². The zero-order chi connectivity index (χ0) is 10.6. The maximum absolute atomic E-state index is 3.11. The van der Waals surface area contributed by atoms with Gasteiger partial charge in [-0.15, -0.1) is 0 Å². The fourth-order valence-electron chi connectivity index (χ4n) is 0. The third-order valence-corrected chi connectivity index (χ3v) is 3.86.